The number of aromatic nitrogens is 2. The molecule has 0 saturated heterocycles. The van der Waals surface area contributed by atoms with Gasteiger partial charge in [0.15, 0.2) is 0 Å². The minimum Gasteiger partial charge on any atom is -0.496 e. The third-order valence-corrected chi connectivity index (χ3v) is 4.43. The Morgan fingerprint density at radius 1 is 1.26 bits per heavy atom. The molecule has 142 valence electrons. The van der Waals surface area contributed by atoms with Gasteiger partial charge in [-0.25, -0.2) is 0 Å². The Balaban J connectivity index is 0.00000261. The number of halogens is 2. The summed E-state index contributed by atoms with van der Waals surface area (Å²) in [5.74, 6) is 0.521. The van der Waals surface area contributed by atoms with Gasteiger partial charge in [0.05, 0.1) is 11.6 Å². The number of carboxylic acids is 1. The second kappa shape index (κ2) is 8.98. The maximum atomic E-state index is 10.8. The number of carbonyl (C=O) groups is 1. The molecule has 0 aliphatic rings. The Bertz CT molecular complexity index is 931. The van der Waals surface area contributed by atoms with Crippen LogP contribution in [0.1, 0.15) is 5.56 Å². The quantitative estimate of drug-likeness (QED) is 0.586. The van der Waals surface area contributed by atoms with E-state index in [1.54, 1.807) is 19.2 Å². The molecule has 0 aliphatic heterocycles. The van der Waals surface area contributed by atoms with E-state index in [1.807, 2.05) is 30.3 Å². The van der Waals surface area contributed by atoms with Gasteiger partial charge in [0.2, 0.25) is 5.82 Å². The molecule has 1 heterocycles. The standard InChI is InChI=1S/C18H16BrN3O4.ClH/c1-25-15-7-6-12(9-13(15)19)17-21-16(22-26-17)11-4-2-10(3-5-11)8-14(20)18(23)24;/h2-7,9,14H,8,20H2,1H3,(H,23,24);1H/t14-;/m0./s1. The van der Waals surface area contributed by atoms with Crippen molar-refractivity contribution < 1.29 is 19.2 Å². The van der Waals surface area contributed by atoms with Crippen molar-refractivity contribution in [2.24, 2.45) is 5.73 Å². The third-order valence-electron chi connectivity index (χ3n) is 3.81. The number of benzene rings is 2. The molecule has 3 N–H and O–H groups in total. The Hall–Kier alpha value is -2.42. The van der Waals surface area contributed by atoms with Crippen molar-refractivity contribution in [3.8, 4) is 28.6 Å². The van der Waals surface area contributed by atoms with Gasteiger partial charge in [-0.3, -0.25) is 4.79 Å². The first-order chi connectivity index (χ1) is 12.5. The van der Waals surface area contributed by atoms with Crippen LogP contribution in [0.3, 0.4) is 0 Å². The number of carboxylic acid groups (broad SMARTS) is 1. The highest BCUT2D eigenvalue weighted by molar-refractivity contribution is 9.10. The van der Waals surface area contributed by atoms with Crippen molar-refractivity contribution in [2.75, 3.05) is 7.11 Å². The molecule has 0 amide bonds. The van der Waals surface area contributed by atoms with Crippen molar-refractivity contribution in [2.45, 2.75) is 12.5 Å². The highest BCUT2D eigenvalue weighted by Gasteiger charge is 2.14. The molecule has 0 aliphatic carbocycles. The van der Waals surface area contributed by atoms with Crippen LogP contribution in [0.15, 0.2) is 51.5 Å². The molecule has 0 unspecified atom stereocenters. The second-order valence-electron chi connectivity index (χ2n) is 5.62. The molecule has 0 fully saturated rings. The van der Waals surface area contributed by atoms with Crippen LogP contribution >= 0.6 is 28.3 Å². The fraction of sp³-hybridized carbons (Fsp3) is 0.167. The smallest absolute Gasteiger partial charge is 0.320 e. The van der Waals surface area contributed by atoms with E-state index in [1.165, 1.54) is 0 Å². The first kappa shape index (κ1) is 20.9. The van der Waals surface area contributed by atoms with Crippen LogP contribution < -0.4 is 10.5 Å². The number of rotatable bonds is 6. The van der Waals surface area contributed by atoms with Crippen LogP contribution in [0.2, 0.25) is 0 Å². The van der Waals surface area contributed by atoms with E-state index < -0.39 is 12.0 Å². The minimum atomic E-state index is -1.03. The number of hydrogen-bond acceptors (Lipinski definition) is 6. The molecule has 0 bridgehead atoms. The van der Waals surface area contributed by atoms with E-state index in [-0.39, 0.29) is 18.8 Å². The molecule has 1 atom stereocenters. The highest BCUT2D eigenvalue weighted by Crippen LogP contribution is 2.30. The number of hydrogen-bond donors (Lipinski definition) is 2. The second-order valence-corrected chi connectivity index (χ2v) is 6.47. The van der Waals surface area contributed by atoms with Crippen molar-refractivity contribution in [1.29, 1.82) is 0 Å². The number of nitrogens with two attached hydrogens (primary N) is 1. The van der Waals surface area contributed by atoms with E-state index in [2.05, 4.69) is 26.1 Å². The number of ether oxygens (including phenoxy) is 1. The SMILES string of the molecule is COc1ccc(-c2nc(-c3ccc(C[C@H](N)C(=O)O)cc3)no2)cc1Br.Cl. The van der Waals surface area contributed by atoms with E-state index >= 15 is 0 Å². The van der Waals surface area contributed by atoms with Gasteiger partial charge in [0, 0.05) is 11.1 Å². The Kier molecular flexibility index (Phi) is 6.95. The third kappa shape index (κ3) is 4.85. The summed E-state index contributed by atoms with van der Waals surface area (Å²) in [5.41, 5.74) is 7.90. The van der Waals surface area contributed by atoms with Gasteiger partial charge in [-0.15, -0.1) is 12.4 Å². The zero-order valence-electron chi connectivity index (χ0n) is 14.3. The maximum absolute atomic E-state index is 10.8. The maximum Gasteiger partial charge on any atom is 0.320 e. The van der Waals surface area contributed by atoms with Crippen LogP contribution in [0.25, 0.3) is 22.8 Å². The van der Waals surface area contributed by atoms with E-state index in [0.717, 1.165) is 21.2 Å². The van der Waals surface area contributed by atoms with Gasteiger partial charge >= 0.3 is 5.97 Å². The highest BCUT2D eigenvalue weighted by atomic mass is 79.9. The van der Waals surface area contributed by atoms with E-state index in [0.29, 0.717) is 17.5 Å². The summed E-state index contributed by atoms with van der Waals surface area (Å²) in [4.78, 5) is 15.2. The molecule has 0 radical (unpaired) electrons. The molecule has 3 aromatic rings. The van der Waals surface area contributed by atoms with Crippen LogP contribution in [0, 0.1) is 0 Å². The van der Waals surface area contributed by atoms with Crippen molar-refractivity contribution in [1.82, 2.24) is 10.1 Å². The molecule has 3 rings (SSSR count). The minimum absolute atomic E-state index is 0. The van der Waals surface area contributed by atoms with Crippen LogP contribution in [0.4, 0.5) is 0 Å². The molecule has 9 heteroatoms. The van der Waals surface area contributed by atoms with Gasteiger partial charge < -0.3 is 20.1 Å². The number of nitrogens with zero attached hydrogens (tertiary/aromatic N) is 2. The topological polar surface area (TPSA) is 111 Å². The fourth-order valence-corrected chi connectivity index (χ4v) is 2.93. The van der Waals surface area contributed by atoms with Gasteiger partial charge in [-0.05, 0) is 46.1 Å². The predicted octanol–water partition coefficient (Wildman–Crippen LogP) is 3.55. The van der Waals surface area contributed by atoms with Gasteiger partial charge in [-0.2, -0.15) is 4.98 Å². The summed E-state index contributed by atoms with van der Waals surface area (Å²) in [5, 5.41) is 12.9. The van der Waals surface area contributed by atoms with Crippen molar-refractivity contribution in [3.63, 3.8) is 0 Å². The summed E-state index contributed by atoms with van der Waals surface area (Å²) < 4.78 is 11.3. The first-order valence-corrected chi connectivity index (χ1v) is 8.52. The molecule has 27 heavy (non-hydrogen) atoms. The molecule has 1 aromatic heterocycles. The lowest BCUT2D eigenvalue weighted by atomic mass is 10.0. The van der Waals surface area contributed by atoms with E-state index in [4.69, 9.17) is 20.1 Å². The first-order valence-electron chi connectivity index (χ1n) is 7.73. The Labute approximate surface area is 170 Å². The fourth-order valence-electron chi connectivity index (χ4n) is 2.39. The molecule has 2 aromatic carbocycles. The molecule has 7 nitrogen and oxygen atoms in total. The molecular weight excluding hydrogens is 438 g/mol. The summed E-state index contributed by atoms with van der Waals surface area (Å²) in [6, 6.07) is 11.8. The van der Waals surface area contributed by atoms with Gasteiger partial charge in [0.1, 0.15) is 11.8 Å². The van der Waals surface area contributed by atoms with Crippen LogP contribution in [0.5, 0.6) is 5.75 Å². The zero-order chi connectivity index (χ0) is 18.7. The number of aliphatic carboxylic acids is 1. The molecule has 0 saturated carbocycles. The largest absolute Gasteiger partial charge is 0.496 e. The van der Waals surface area contributed by atoms with Gasteiger partial charge in [-0.1, -0.05) is 29.4 Å². The lowest BCUT2D eigenvalue weighted by Crippen LogP contribution is -2.32. The van der Waals surface area contributed by atoms with Crippen molar-refractivity contribution >= 4 is 34.3 Å². The predicted molar refractivity (Wildman–Crippen MR) is 106 cm³/mol. The number of methoxy groups -OCH3 is 1. The van der Waals surface area contributed by atoms with E-state index in [9.17, 15) is 4.79 Å². The van der Waals surface area contributed by atoms with Gasteiger partial charge in [0.25, 0.3) is 5.89 Å². The van der Waals surface area contributed by atoms with Crippen molar-refractivity contribution in [3.05, 3.63) is 52.5 Å². The lowest BCUT2D eigenvalue weighted by molar-refractivity contribution is -0.138. The lowest BCUT2D eigenvalue weighted by Gasteiger charge is -2.06. The summed E-state index contributed by atoms with van der Waals surface area (Å²) in [6.07, 6.45) is 0.257. The summed E-state index contributed by atoms with van der Waals surface area (Å²) >= 11 is 3.43. The van der Waals surface area contributed by atoms with Crippen LogP contribution in [-0.4, -0.2) is 34.4 Å². The monoisotopic (exact) mass is 453 g/mol. The average Bonchev–Trinajstić information content (AvgIpc) is 3.12. The molecular formula is C18H17BrClN3O4. The normalized spacial score (nSPS) is 11.5. The summed E-state index contributed by atoms with van der Waals surface area (Å²) in [7, 11) is 1.59. The zero-order valence-corrected chi connectivity index (χ0v) is 16.7. The summed E-state index contributed by atoms with van der Waals surface area (Å²) in [6.45, 7) is 0. The van der Waals surface area contributed by atoms with Crippen LogP contribution in [-0.2, 0) is 11.2 Å². The average molecular weight is 455 g/mol. The Morgan fingerprint density at radius 2 is 1.93 bits per heavy atom. The molecule has 0 spiro atoms. The Morgan fingerprint density at radius 3 is 2.52 bits per heavy atom.